The van der Waals surface area contributed by atoms with Crippen molar-refractivity contribution in [3.05, 3.63) is 101 Å². The predicted molar refractivity (Wildman–Crippen MR) is 108 cm³/mol. The average molecular weight is 364 g/mol. The van der Waals surface area contributed by atoms with Crippen LogP contribution in [0.15, 0.2) is 72.8 Å². The molecule has 134 valence electrons. The van der Waals surface area contributed by atoms with E-state index in [0.717, 1.165) is 11.1 Å². The predicted octanol–water partition coefficient (Wildman–Crippen LogP) is 4.59. The van der Waals surface area contributed by atoms with Gasteiger partial charge in [0.2, 0.25) is 0 Å². The minimum Gasteiger partial charge on any atom is -0.268 e. The number of hydrogen-bond donors (Lipinski definition) is 0. The molecule has 3 aromatic rings. The van der Waals surface area contributed by atoms with Gasteiger partial charge in [-0.25, -0.2) is 4.90 Å². The molecule has 4 rings (SSSR count). The summed E-state index contributed by atoms with van der Waals surface area (Å²) >= 11 is 0. The number of nitriles is 1. The minimum atomic E-state index is -0.359. The lowest BCUT2D eigenvalue weighted by Gasteiger charge is -2.29. The molecule has 2 amide bonds. The van der Waals surface area contributed by atoms with Gasteiger partial charge in [0.25, 0.3) is 11.8 Å². The first kappa shape index (κ1) is 17.4. The van der Waals surface area contributed by atoms with E-state index in [1.807, 2.05) is 31.2 Å². The Bertz CT molecular complexity index is 1170. The quantitative estimate of drug-likeness (QED) is 0.493. The third-order valence-electron chi connectivity index (χ3n) is 4.79. The van der Waals surface area contributed by atoms with E-state index in [1.54, 1.807) is 54.6 Å². The smallest absolute Gasteiger partial charge is 0.265 e. The number of amides is 2. The summed E-state index contributed by atoms with van der Waals surface area (Å²) < 4.78 is 0. The number of rotatable bonds is 2. The first-order valence-electron chi connectivity index (χ1n) is 8.86. The molecule has 0 spiro atoms. The van der Waals surface area contributed by atoms with Crippen LogP contribution in [0.3, 0.4) is 0 Å². The summed E-state index contributed by atoms with van der Waals surface area (Å²) in [5.74, 6) is -0.686. The molecule has 1 aliphatic heterocycles. The number of hydrogen-bond acceptors (Lipinski definition) is 3. The third-order valence-corrected chi connectivity index (χ3v) is 4.79. The highest BCUT2D eigenvalue weighted by Crippen LogP contribution is 2.34. The molecule has 0 atom stereocenters. The van der Waals surface area contributed by atoms with Crippen LogP contribution in [0.25, 0.3) is 11.6 Å². The van der Waals surface area contributed by atoms with E-state index in [2.05, 4.69) is 6.07 Å². The summed E-state index contributed by atoms with van der Waals surface area (Å²) in [6.45, 7) is 1.88. The van der Waals surface area contributed by atoms with Crippen molar-refractivity contribution in [3.63, 3.8) is 0 Å². The van der Waals surface area contributed by atoms with E-state index in [-0.39, 0.29) is 11.8 Å². The monoisotopic (exact) mass is 364 g/mol. The van der Waals surface area contributed by atoms with Crippen LogP contribution in [0, 0.1) is 18.3 Å². The molecular formula is C24H16N2O2. The number of aryl methyl sites for hydroxylation is 1. The number of nitrogens with zero attached hydrogens (tertiary/aromatic N) is 2. The number of fused-ring (bicyclic) bond motifs is 1. The highest BCUT2D eigenvalue weighted by Gasteiger charge is 2.36. The van der Waals surface area contributed by atoms with Crippen LogP contribution in [0.4, 0.5) is 5.69 Å². The van der Waals surface area contributed by atoms with Crippen LogP contribution in [-0.2, 0) is 4.79 Å². The molecule has 1 heterocycles. The summed E-state index contributed by atoms with van der Waals surface area (Å²) in [5, 5.41) is 8.97. The Morgan fingerprint density at radius 2 is 1.46 bits per heavy atom. The van der Waals surface area contributed by atoms with Crippen LogP contribution in [0.1, 0.15) is 32.6 Å². The first-order chi connectivity index (χ1) is 13.6. The van der Waals surface area contributed by atoms with Crippen LogP contribution in [-0.4, -0.2) is 11.8 Å². The van der Waals surface area contributed by atoms with Gasteiger partial charge in [0.05, 0.1) is 17.3 Å². The first-order valence-corrected chi connectivity index (χ1v) is 8.86. The van der Waals surface area contributed by atoms with E-state index < -0.39 is 0 Å². The van der Waals surface area contributed by atoms with Gasteiger partial charge in [-0.05, 0) is 54.0 Å². The summed E-state index contributed by atoms with van der Waals surface area (Å²) in [7, 11) is 0. The van der Waals surface area contributed by atoms with E-state index >= 15 is 0 Å². The van der Waals surface area contributed by atoms with Crippen molar-refractivity contribution in [1.29, 1.82) is 5.26 Å². The van der Waals surface area contributed by atoms with E-state index in [1.165, 1.54) is 4.90 Å². The van der Waals surface area contributed by atoms with Crippen LogP contribution in [0.5, 0.6) is 0 Å². The maximum atomic E-state index is 13.4. The van der Waals surface area contributed by atoms with E-state index in [0.29, 0.717) is 28.0 Å². The molecule has 0 aliphatic carbocycles. The minimum absolute atomic E-state index is 0.327. The number of para-hydroxylation sites is 1. The van der Waals surface area contributed by atoms with Crippen molar-refractivity contribution in [2.45, 2.75) is 6.92 Å². The zero-order valence-corrected chi connectivity index (χ0v) is 15.2. The maximum absolute atomic E-state index is 13.4. The molecule has 0 saturated carbocycles. The van der Waals surface area contributed by atoms with Crippen molar-refractivity contribution in [1.82, 2.24) is 0 Å². The Balaban J connectivity index is 1.90. The lowest BCUT2D eigenvalue weighted by atomic mass is 9.91. The fraction of sp³-hybridized carbons (Fsp3) is 0.0417. The summed E-state index contributed by atoms with van der Waals surface area (Å²) in [5.41, 5.74) is 4.32. The average Bonchev–Trinajstić information content (AvgIpc) is 2.73. The highest BCUT2D eigenvalue weighted by atomic mass is 16.2. The van der Waals surface area contributed by atoms with Gasteiger partial charge >= 0.3 is 0 Å². The fourth-order valence-corrected chi connectivity index (χ4v) is 3.35. The van der Waals surface area contributed by atoms with Gasteiger partial charge in [0.1, 0.15) is 0 Å². The van der Waals surface area contributed by atoms with Crippen molar-refractivity contribution >= 4 is 29.2 Å². The second-order valence-corrected chi connectivity index (χ2v) is 6.57. The number of carbonyl (C=O) groups excluding carboxylic acids is 2. The molecule has 0 bridgehead atoms. The molecule has 28 heavy (non-hydrogen) atoms. The number of carbonyl (C=O) groups is 2. The summed E-state index contributed by atoms with van der Waals surface area (Å²) in [4.78, 5) is 27.7. The lowest BCUT2D eigenvalue weighted by molar-refractivity contribution is -0.112. The molecule has 0 fully saturated rings. The normalized spacial score (nSPS) is 14.7. The Morgan fingerprint density at radius 3 is 2.14 bits per heavy atom. The van der Waals surface area contributed by atoms with Gasteiger partial charge in [0.15, 0.2) is 0 Å². The van der Waals surface area contributed by atoms with Gasteiger partial charge in [0, 0.05) is 11.1 Å². The van der Waals surface area contributed by atoms with Gasteiger partial charge in [-0.15, -0.1) is 0 Å². The third kappa shape index (κ3) is 2.89. The van der Waals surface area contributed by atoms with Gasteiger partial charge in [-0.3, -0.25) is 9.59 Å². The van der Waals surface area contributed by atoms with Crippen molar-refractivity contribution in [2.75, 3.05) is 4.90 Å². The maximum Gasteiger partial charge on any atom is 0.265 e. The number of imide groups is 1. The Morgan fingerprint density at radius 1 is 0.821 bits per heavy atom. The standard InChI is InChI=1S/C24H16N2O2/c1-16-6-2-5-9-22(16)26-23(27)20-8-4-3-7-19(20)21(24(26)28)14-17-10-12-18(15-25)13-11-17/h2-14H,1H3. The Labute approximate surface area is 163 Å². The zero-order valence-electron chi connectivity index (χ0n) is 15.2. The molecule has 0 N–H and O–H groups in total. The molecule has 3 aromatic carbocycles. The molecule has 1 aliphatic rings. The van der Waals surface area contributed by atoms with Crippen LogP contribution >= 0.6 is 0 Å². The second-order valence-electron chi connectivity index (χ2n) is 6.57. The zero-order chi connectivity index (χ0) is 19.7. The highest BCUT2D eigenvalue weighted by molar-refractivity contribution is 6.43. The molecule has 4 heteroatoms. The summed E-state index contributed by atoms with van der Waals surface area (Å²) in [6, 6.07) is 23.5. The number of benzene rings is 3. The van der Waals surface area contributed by atoms with Crippen molar-refractivity contribution in [2.24, 2.45) is 0 Å². The van der Waals surface area contributed by atoms with Crippen molar-refractivity contribution in [3.8, 4) is 6.07 Å². The molecule has 4 nitrogen and oxygen atoms in total. The van der Waals surface area contributed by atoms with Crippen LogP contribution in [0.2, 0.25) is 0 Å². The SMILES string of the molecule is Cc1ccccc1N1C(=O)C(=Cc2ccc(C#N)cc2)c2ccccc2C1=O. The molecule has 0 aromatic heterocycles. The molecule has 0 unspecified atom stereocenters. The number of anilines is 1. The fourth-order valence-electron chi connectivity index (χ4n) is 3.35. The van der Waals surface area contributed by atoms with Gasteiger partial charge in [-0.1, -0.05) is 48.5 Å². The van der Waals surface area contributed by atoms with E-state index in [9.17, 15) is 9.59 Å². The second kappa shape index (κ2) is 6.98. The molecule has 0 saturated heterocycles. The summed E-state index contributed by atoms with van der Waals surface area (Å²) in [6.07, 6.45) is 1.76. The molecule has 0 radical (unpaired) electrons. The van der Waals surface area contributed by atoms with E-state index in [4.69, 9.17) is 5.26 Å². The van der Waals surface area contributed by atoms with Crippen molar-refractivity contribution < 1.29 is 9.59 Å². The van der Waals surface area contributed by atoms with Gasteiger partial charge in [-0.2, -0.15) is 5.26 Å². The Kier molecular flexibility index (Phi) is 4.35. The lowest BCUT2D eigenvalue weighted by Crippen LogP contribution is -2.42. The largest absolute Gasteiger partial charge is 0.268 e. The van der Waals surface area contributed by atoms with Gasteiger partial charge < -0.3 is 0 Å². The Hall–Kier alpha value is -3.97. The van der Waals surface area contributed by atoms with Crippen LogP contribution < -0.4 is 4.90 Å². The topological polar surface area (TPSA) is 61.2 Å². The molecular weight excluding hydrogens is 348 g/mol.